The van der Waals surface area contributed by atoms with Gasteiger partial charge in [0.05, 0.1) is 0 Å². The number of guanidine groups is 1. The summed E-state index contributed by atoms with van der Waals surface area (Å²) in [5.41, 5.74) is -4.67. The first-order valence-electron chi connectivity index (χ1n) is 8.89. The van der Waals surface area contributed by atoms with Gasteiger partial charge in [-0.3, -0.25) is 4.99 Å². The number of hydrogen-bond acceptors (Lipinski definition) is 3. The molecule has 6 nitrogen and oxygen atoms in total. The molecule has 1 aliphatic rings. The summed E-state index contributed by atoms with van der Waals surface area (Å²) in [5.74, 6) is 0.263. The standard InChI is InChI=1S/C17H24F4N4O2S.HI/c1-22-16(23-9-6-14-4-2-3-5-15(14)18)24-12-13-7-10-25(11-8-13)28(26,27)17(19,20)21;/h2-5,13H,6-12H2,1H3,(H2,22,23,24);1H. The maximum atomic E-state index is 13.6. The third-order valence-corrected chi connectivity index (χ3v) is 6.26. The highest BCUT2D eigenvalue weighted by Gasteiger charge is 2.50. The van der Waals surface area contributed by atoms with Crippen LogP contribution in [0.5, 0.6) is 0 Å². The van der Waals surface area contributed by atoms with E-state index in [0.29, 0.717) is 48.2 Å². The van der Waals surface area contributed by atoms with E-state index >= 15 is 0 Å². The Kier molecular flexibility index (Phi) is 10.1. The Hall–Kier alpha value is -1.15. The van der Waals surface area contributed by atoms with Gasteiger partial charge in [-0.25, -0.2) is 12.8 Å². The molecule has 0 amide bonds. The van der Waals surface area contributed by atoms with Crippen molar-refractivity contribution >= 4 is 40.0 Å². The van der Waals surface area contributed by atoms with Crippen molar-refractivity contribution in [1.29, 1.82) is 0 Å². The second kappa shape index (κ2) is 11.3. The second-order valence-electron chi connectivity index (χ2n) is 6.51. The molecule has 1 saturated heterocycles. The minimum absolute atomic E-state index is 0. The molecule has 0 atom stereocenters. The smallest absolute Gasteiger partial charge is 0.356 e. The van der Waals surface area contributed by atoms with E-state index in [2.05, 4.69) is 15.6 Å². The van der Waals surface area contributed by atoms with Crippen LogP contribution in [0.25, 0.3) is 0 Å². The van der Waals surface area contributed by atoms with Crippen molar-refractivity contribution in [2.45, 2.75) is 24.8 Å². The summed E-state index contributed by atoms with van der Waals surface area (Å²) >= 11 is 0. The highest BCUT2D eigenvalue weighted by Crippen LogP contribution is 2.30. The van der Waals surface area contributed by atoms with E-state index in [1.54, 1.807) is 25.2 Å². The molecule has 1 aromatic rings. The summed E-state index contributed by atoms with van der Waals surface area (Å²) in [6.07, 6.45) is 1.13. The number of benzene rings is 1. The van der Waals surface area contributed by atoms with Gasteiger partial charge in [0.25, 0.3) is 0 Å². The van der Waals surface area contributed by atoms with Gasteiger partial charge < -0.3 is 10.6 Å². The number of rotatable bonds is 6. The van der Waals surface area contributed by atoms with Crippen LogP contribution >= 0.6 is 24.0 Å². The number of nitrogens with zero attached hydrogens (tertiary/aromatic N) is 2. The molecule has 0 saturated carbocycles. The molecule has 29 heavy (non-hydrogen) atoms. The number of halogens is 5. The van der Waals surface area contributed by atoms with Gasteiger partial charge in [-0.2, -0.15) is 17.5 Å². The molecule has 1 fully saturated rings. The molecule has 0 unspecified atom stereocenters. The van der Waals surface area contributed by atoms with Crippen LogP contribution in [0.1, 0.15) is 18.4 Å². The van der Waals surface area contributed by atoms with E-state index in [0.717, 1.165) is 0 Å². The summed E-state index contributed by atoms with van der Waals surface area (Å²) < 4.78 is 74.7. The van der Waals surface area contributed by atoms with Gasteiger partial charge in [0.2, 0.25) is 0 Å². The normalized spacial score (nSPS) is 16.9. The van der Waals surface area contributed by atoms with Crippen LogP contribution in [0.2, 0.25) is 0 Å². The highest BCUT2D eigenvalue weighted by atomic mass is 127. The molecular weight excluding hydrogens is 527 g/mol. The van der Waals surface area contributed by atoms with E-state index in [-0.39, 0.29) is 48.8 Å². The molecule has 0 aliphatic carbocycles. The van der Waals surface area contributed by atoms with Crippen LogP contribution in [0.4, 0.5) is 17.6 Å². The van der Waals surface area contributed by atoms with Gasteiger partial charge in [0.1, 0.15) is 5.82 Å². The van der Waals surface area contributed by atoms with Crippen LogP contribution in [-0.4, -0.2) is 57.4 Å². The van der Waals surface area contributed by atoms with Crippen LogP contribution in [0.15, 0.2) is 29.3 Å². The molecule has 0 aromatic heterocycles. The molecule has 2 rings (SSSR count). The average molecular weight is 552 g/mol. The minimum Gasteiger partial charge on any atom is -0.356 e. The number of alkyl halides is 3. The first-order valence-corrected chi connectivity index (χ1v) is 10.3. The number of piperidine rings is 1. The third kappa shape index (κ3) is 7.24. The van der Waals surface area contributed by atoms with Crippen LogP contribution in [-0.2, 0) is 16.4 Å². The first-order chi connectivity index (χ1) is 13.1. The topological polar surface area (TPSA) is 73.8 Å². The Morgan fingerprint density at radius 3 is 2.38 bits per heavy atom. The number of nitrogens with one attached hydrogen (secondary N) is 2. The van der Waals surface area contributed by atoms with Crippen molar-refractivity contribution < 1.29 is 26.0 Å². The van der Waals surface area contributed by atoms with Crippen molar-refractivity contribution in [2.24, 2.45) is 10.9 Å². The summed E-state index contributed by atoms with van der Waals surface area (Å²) in [4.78, 5) is 4.06. The molecular formula is C17H25F4IN4O2S. The van der Waals surface area contributed by atoms with E-state index in [4.69, 9.17) is 0 Å². The van der Waals surface area contributed by atoms with E-state index in [9.17, 15) is 26.0 Å². The van der Waals surface area contributed by atoms with Crippen LogP contribution < -0.4 is 10.6 Å². The van der Waals surface area contributed by atoms with Crippen molar-refractivity contribution in [1.82, 2.24) is 14.9 Å². The zero-order valence-electron chi connectivity index (χ0n) is 15.9. The zero-order chi connectivity index (χ0) is 20.8. The Balaban J connectivity index is 0.00000420. The highest BCUT2D eigenvalue weighted by molar-refractivity contribution is 14.0. The maximum Gasteiger partial charge on any atom is 0.511 e. The third-order valence-electron chi connectivity index (χ3n) is 4.63. The predicted molar refractivity (Wildman–Crippen MR) is 114 cm³/mol. The first kappa shape index (κ1) is 25.9. The molecule has 0 bridgehead atoms. The molecule has 1 aliphatic heterocycles. The van der Waals surface area contributed by atoms with E-state index < -0.39 is 15.5 Å². The molecule has 2 N–H and O–H groups in total. The van der Waals surface area contributed by atoms with E-state index in [1.165, 1.54) is 6.07 Å². The fourth-order valence-electron chi connectivity index (χ4n) is 2.98. The summed E-state index contributed by atoms with van der Waals surface area (Å²) in [6.45, 7) is 0.600. The van der Waals surface area contributed by atoms with Crippen molar-refractivity contribution in [3.63, 3.8) is 0 Å². The minimum atomic E-state index is -5.26. The average Bonchev–Trinajstić information content (AvgIpc) is 2.65. The van der Waals surface area contributed by atoms with Crippen LogP contribution in [0, 0.1) is 11.7 Å². The quantitative estimate of drug-likeness (QED) is 0.247. The largest absolute Gasteiger partial charge is 0.511 e. The van der Waals surface area contributed by atoms with Crippen molar-refractivity contribution in [3.05, 3.63) is 35.6 Å². The monoisotopic (exact) mass is 552 g/mol. The Morgan fingerprint density at radius 2 is 1.83 bits per heavy atom. The van der Waals surface area contributed by atoms with Gasteiger partial charge in [-0.1, -0.05) is 18.2 Å². The number of sulfonamides is 1. The van der Waals surface area contributed by atoms with Gasteiger partial charge in [0.15, 0.2) is 5.96 Å². The SMILES string of the molecule is CN=C(NCCc1ccccc1F)NCC1CCN(S(=O)(=O)C(F)(F)F)CC1.I. The fourth-order valence-corrected chi connectivity index (χ4v) is 3.96. The number of hydrogen-bond donors (Lipinski definition) is 2. The second-order valence-corrected chi connectivity index (χ2v) is 8.44. The van der Waals surface area contributed by atoms with Gasteiger partial charge in [-0.15, -0.1) is 24.0 Å². The fraction of sp³-hybridized carbons (Fsp3) is 0.588. The summed E-state index contributed by atoms with van der Waals surface area (Å²) in [5, 5.41) is 6.13. The van der Waals surface area contributed by atoms with Crippen LogP contribution in [0.3, 0.4) is 0 Å². The molecule has 1 heterocycles. The van der Waals surface area contributed by atoms with Crippen molar-refractivity contribution in [2.75, 3.05) is 33.2 Å². The molecule has 0 spiro atoms. The lowest BCUT2D eigenvalue weighted by Gasteiger charge is -2.31. The lowest BCUT2D eigenvalue weighted by atomic mass is 9.98. The molecule has 0 radical (unpaired) electrons. The van der Waals surface area contributed by atoms with Gasteiger partial charge >= 0.3 is 15.5 Å². The predicted octanol–water partition coefficient (Wildman–Crippen LogP) is 2.71. The van der Waals surface area contributed by atoms with E-state index in [1.807, 2.05) is 0 Å². The Bertz CT molecular complexity index is 782. The number of aliphatic imine (C=N–C) groups is 1. The summed E-state index contributed by atoms with van der Waals surface area (Å²) in [7, 11) is -3.67. The lowest BCUT2D eigenvalue weighted by Crippen LogP contribution is -2.47. The maximum absolute atomic E-state index is 13.6. The molecule has 12 heteroatoms. The molecule has 166 valence electrons. The lowest BCUT2D eigenvalue weighted by molar-refractivity contribution is -0.0496. The molecule has 1 aromatic carbocycles. The van der Waals surface area contributed by atoms with Gasteiger partial charge in [0, 0.05) is 33.2 Å². The Morgan fingerprint density at radius 1 is 1.21 bits per heavy atom. The zero-order valence-corrected chi connectivity index (χ0v) is 19.0. The summed E-state index contributed by atoms with van der Waals surface area (Å²) in [6, 6.07) is 6.48. The van der Waals surface area contributed by atoms with Gasteiger partial charge in [-0.05, 0) is 36.8 Å². The Labute approximate surface area is 185 Å². The van der Waals surface area contributed by atoms with Crippen molar-refractivity contribution in [3.8, 4) is 0 Å².